The summed E-state index contributed by atoms with van der Waals surface area (Å²) in [5.74, 6) is -7.01. The second-order valence-corrected chi connectivity index (χ2v) is 8.80. The number of carbonyl (C=O) groups excluding carboxylic acids is 2. The Balaban J connectivity index is 2.44. The van der Waals surface area contributed by atoms with Crippen LogP contribution in [0.3, 0.4) is 0 Å². The number of carbonyl (C=O) groups is 2. The van der Waals surface area contributed by atoms with Gasteiger partial charge in [0.05, 0.1) is 42.8 Å². The zero-order valence-corrected chi connectivity index (χ0v) is 20.3. The van der Waals surface area contributed by atoms with Gasteiger partial charge in [-0.3, -0.25) is 14.9 Å². The van der Waals surface area contributed by atoms with E-state index in [1.807, 2.05) is 18.4 Å². The van der Waals surface area contributed by atoms with Crippen molar-refractivity contribution in [2.75, 3.05) is 20.5 Å². The number of ether oxygens (including phenoxy) is 2. The lowest BCUT2D eigenvalue weighted by molar-refractivity contribution is -0.384. The van der Waals surface area contributed by atoms with Crippen LogP contribution < -0.4 is 0 Å². The molecule has 2 aromatic carbocycles. The molecule has 3 atom stereocenters. The van der Waals surface area contributed by atoms with E-state index < -0.39 is 51.4 Å². The van der Waals surface area contributed by atoms with E-state index in [1.54, 1.807) is 24.3 Å². The largest absolute Gasteiger partial charge is 0.511 e. The molecule has 0 aromatic heterocycles. The molecule has 2 aromatic rings. The monoisotopic (exact) mass is 507 g/mol. The van der Waals surface area contributed by atoms with Crippen molar-refractivity contribution < 1.29 is 29.1 Å². The van der Waals surface area contributed by atoms with E-state index in [2.05, 4.69) is 0 Å². The Hall–Kier alpha value is -4.35. The highest BCUT2D eigenvalue weighted by molar-refractivity contribution is 7.98. The molecule has 3 rings (SSSR count). The number of benzene rings is 2. The highest BCUT2D eigenvalue weighted by Gasteiger charge is 2.61. The number of esters is 2. The Morgan fingerprint density at radius 1 is 1.03 bits per heavy atom. The molecule has 184 valence electrons. The zero-order valence-electron chi connectivity index (χ0n) is 19.5. The van der Waals surface area contributed by atoms with Gasteiger partial charge in [0.1, 0.15) is 11.7 Å². The van der Waals surface area contributed by atoms with Gasteiger partial charge in [0.25, 0.3) is 5.69 Å². The van der Waals surface area contributed by atoms with Crippen LogP contribution in [0.1, 0.15) is 23.0 Å². The number of methoxy groups -OCH3 is 2. The molecular formula is C25H21N3O7S. The molecule has 1 aliphatic carbocycles. The fourth-order valence-corrected chi connectivity index (χ4v) is 5.04. The Morgan fingerprint density at radius 2 is 1.58 bits per heavy atom. The smallest absolute Gasteiger partial charge is 0.337 e. The van der Waals surface area contributed by atoms with Crippen molar-refractivity contribution in [3.8, 4) is 12.1 Å². The average molecular weight is 508 g/mol. The molecule has 0 saturated heterocycles. The first-order chi connectivity index (χ1) is 17.2. The Bertz CT molecular complexity index is 1290. The van der Waals surface area contributed by atoms with E-state index in [0.29, 0.717) is 5.56 Å². The molecule has 0 unspecified atom stereocenters. The van der Waals surface area contributed by atoms with E-state index in [1.165, 1.54) is 36.0 Å². The van der Waals surface area contributed by atoms with Gasteiger partial charge >= 0.3 is 11.9 Å². The van der Waals surface area contributed by atoms with Crippen LogP contribution in [0.4, 0.5) is 5.69 Å². The van der Waals surface area contributed by atoms with Gasteiger partial charge in [-0.15, -0.1) is 11.8 Å². The quantitative estimate of drug-likeness (QED) is 0.261. The molecular weight excluding hydrogens is 486 g/mol. The first-order valence-electron chi connectivity index (χ1n) is 10.5. The molecule has 0 saturated carbocycles. The number of thioether (sulfide) groups is 1. The van der Waals surface area contributed by atoms with Crippen molar-refractivity contribution in [3.05, 3.63) is 81.1 Å². The van der Waals surface area contributed by atoms with Crippen LogP contribution in [0, 0.1) is 44.1 Å². The van der Waals surface area contributed by atoms with Crippen molar-refractivity contribution >= 4 is 29.4 Å². The van der Waals surface area contributed by atoms with Crippen LogP contribution in [0.25, 0.3) is 0 Å². The van der Waals surface area contributed by atoms with Crippen molar-refractivity contribution in [1.29, 1.82) is 10.5 Å². The van der Waals surface area contributed by atoms with Gasteiger partial charge in [-0.1, -0.05) is 24.3 Å². The van der Waals surface area contributed by atoms with Gasteiger partial charge < -0.3 is 14.6 Å². The molecule has 0 spiro atoms. The maximum absolute atomic E-state index is 12.9. The molecule has 0 bridgehead atoms. The predicted molar refractivity (Wildman–Crippen MR) is 128 cm³/mol. The van der Waals surface area contributed by atoms with Gasteiger partial charge in [0, 0.05) is 22.9 Å². The summed E-state index contributed by atoms with van der Waals surface area (Å²) in [7, 11) is 2.14. The van der Waals surface area contributed by atoms with E-state index in [9.17, 15) is 35.3 Å². The lowest BCUT2D eigenvalue weighted by Crippen LogP contribution is -2.47. The minimum absolute atomic E-state index is 0.195. The van der Waals surface area contributed by atoms with Crippen LogP contribution >= 0.6 is 11.8 Å². The van der Waals surface area contributed by atoms with Crippen LogP contribution in [0.2, 0.25) is 0 Å². The Kier molecular flexibility index (Phi) is 7.66. The standard InChI is InChI=1S/C25H21N3O7S/c1-34-23(30)18-20(14-4-8-16(9-5-14)28(32)33)25(12-26,13-27)21(19(22(18)29)24(31)35-2)15-6-10-17(36-3)11-7-15/h4-11,18,20-21,29H,1-3H3/t18-,20-,21+/m1/s1. The number of nitrogens with zero attached hydrogens (tertiary/aromatic N) is 3. The van der Waals surface area contributed by atoms with Crippen LogP contribution in [0.15, 0.2) is 64.8 Å². The zero-order chi connectivity index (χ0) is 26.6. The van der Waals surface area contributed by atoms with Gasteiger partial charge in [-0.05, 0) is 29.5 Å². The van der Waals surface area contributed by atoms with Gasteiger partial charge in [0.2, 0.25) is 0 Å². The fourth-order valence-electron chi connectivity index (χ4n) is 4.63. The number of nitro groups is 1. The van der Waals surface area contributed by atoms with E-state index in [4.69, 9.17) is 9.47 Å². The lowest BCUT2D eigenvalue weighted by atomic mass is 9.54. The third-order valence-electron chi connectivity index (χ3n) is 6.28. The number of nitro benzene ring substituents is 1. The van der Waals surface area contributed by atoms with Crippen molar-refractivity contribution in [2.45, 2.75) is 16.7 Å². The van der Waals surface area contributed by atoms with Crippen LogP contribution in [-0.2, 0) is 19.1 Å². The van der Waals surface area contributed by atoms with E-state index in [-0.39, 0.29) is 11.3 Å². The topological polar surface area (TPSA) is 164 Å². The molecule has 0 fully saturated rings. The summed E-state index contributed by atoms with van der Waals surface area (Å²) in [6.07, 6.45) is 1.86. The number of nitriles is 2. The normalized spacial score (nSPS) is 20.5. The summed E-state index contributed by atoms with van der Waals surface area (Å²) >= 11 is 1.46. The highest BCUT2D eigenvalue weighted by Crippen LogP contribution is 2.59. The molecule has 0 aliphatic heterocycles. The number of aliphatic hydroxyl groups is 1. The number of aliphatic hydroxyl groups excluding tert-OH is 1. The van der Waals surface area contributed by atoms with Crippen molar-refractivity contribution in [3.63, 3.8) is 0 Å². The maximum Gasteiger partial charge on any atom is 0.337 e. The van der Waals surface area contributed by atoms with E-state index >= 15 is 0 Å². The number of hydrogen-bond acceptors (Lipinski definition) is 10. The van der Waals surface area contributed by atoms with Gasteiger partial charge in [-0.2, -0.15) is 10.5 Å². The lowest BCUT2D eigenvalue weighted by Gasteiger charge is -2.44. The minimum atomic E-state index is -2.12. The summed E-state index contributed by atoms with van der Waals surface area (Å²) in [4.78, 5) is 37.3. The number of hydrogen-bond donors (Lipinski definition) is 1. The summed E-state index contributed by atoms with van der Waals surface area (Å²) in [5.41, 5.74) is -2.22. The molecule has 0 amide bonds. The van der Waals surface area contributed by atoms with Crippen LogP contribution in [0.5, 0.6) is 0 Å². The molecule has 11 heteroatoms. The first-order valence-corrected chi connectivity index (χ1v) is 11.7. The molecule has 1 aliphatic rings. The highest BCUT2D eigenvalue weighted by atomic mass is 32.2. The second kappa shape index (κ2) is 10.5. The summed E-state index contributed by atoms with van der Waals surface area (Å²) in [6.45, 7) is 0. The fraction of sp³-hybridized carbons (Fsp3) is 0.280. The minimum Gasteiger partial charge on any atom is -0.511 e. The Labute approximate surface area is 210 Å². The summed E-state index contributed by atoms with van der Waals surface area (Å²) in [5, 5.41) is 43.4. The Morgan fingerprint density at radius 3 is 2.03 bits per heavy atom. The number of rotatable bonds is 6. The van der Waals surface area contributed by atoms with Crippen LogP contribution in [-0.4, -0.2) is 42.4 Å². The molecule has 10 nitrogen and oxygen atoms in total. The van der Waals surface area contributed by atoms with E-state index in [0.717, 1.165) is 19.1 Å². The molecule has 0 heterocycles. The third kappa shape index (κ3) is 4.25. The SMILES string of the molecule is COC(=O)C1=C(O)[C@H](C(=O)OC)[C@@H](c2ccc([N+](=O)[O-])cc2)C(C#N)(C#N)[C@H]1c1ccc(SC)cc1. The third-order valence-corrected chi connectivity index (χ3v) is 7.02. The summed E-state index contributed by atoms with van der Waals surface area (Å²) in [6, 6.07) is 15.7. The summed E-state index contributed by atoms with van der Waals surface area (Å²) < 4.78 is 9.75. The first kappa shape index (κ1) is 26.3. The van der Waals surface area contributed by atoms with Gasteiger partial charge in [0.15, 0.2) is 5.41 Å². The molecule has 1 N–H and O–H groups in total. The van der Waals surface area contributed by atoms with Crippen molar-refractivity contribution in [1.82, 2.24) is 0 Å². The number of non-ortho nitro benzene ring substituents is 1. The van der Waals surface area contributed by atoms with Gasteiger partial charge in [-0.25, -0.2) is 4.79 Å². The maximum atomic E-state index is 12.9. The van der Waals surface area contributed by atoms with Crippen molar-refractivity contribution in [2.24, 2.45) is 11.3 Å². The second-order valence-electron chi connectivity index (χ2n) is 7.92. The molecule has 0 radical (unpaired) electrons. The molecule has 36 heavy (non-hydrogen) atoms. The average Bonchev–Trinajstić information content (AvgIpc) is 2.91. The predicted octanol–water partition coefficient (Wildman–Crippen LogP) is 4.01.